The van der Waals surface area contributed by atoms with Crippen molar-refractivity contribution < 1.29 is 0 Å². The minimum absolute atomic E-state index is 0.0990. The maximum absolute atomic E-state index is 12.0. The number of rotatable bonds is 3. The summed E-state index contributed by atoms with van der Waals surface area (Å²) in [5.74, 6) is 0.931. The molecule has 1 heterocycles. The second-order valence-electron chi connectivity index (χ2n) is 7.57. The molecule has 0 radical (unpaired) electrons. The molecule has 3 aromatic carbocycles. The molecule has 0 bridgehead atoms. The van der Waals surface area contributed by atoms with Gasteiger partial charge >= 0.3 is 0 Å². The quantitative estimate of drug-likeness (QED) is 0.582. The Morgan fingerprint density at radius 2 is 1.68 bits per heavy atom. The molecule has 0 amide bonds. The molecule has 1 saturated carbocycles. The normalized spacial score (nSPS) is 18.3. The first kappa shape index (κ1) is 16.8. The number of aromatic nitrogens is 2. The number of nitrogen functional groups attached to an aromatic ring is 1. The Labute approximate surface area is 163 Å². The smallest absolute Gasteiger partial charge is 0.254 e. The summed E-state index contributed by atoms with van der Waals surface area (Å²) in [5, 5.41) is 2.49. The molecule has 1 fully saturated rings. The molecule has 28 heavy (non-hydrogen) atoms. The standard InChI is InChI=1S/C24H21N3O/c1-27-23(28)14-22(26-24(27)25)21-13-20(21)19-8-4-7-17(12-19)18-10-9-15-5-2-3-6-16(15)11-18/h2-12,14,20-21H,13H2,1H3,(H2,25,26). The van der Waals surface area contributed by atoms with Crippen molar-refractivity contribution in [1.82, 2.24) is 9.55 Å². The van der Waals surface area contributed by atoms with Crippen molar-refractivity contribution in [2.75, 3.05) is 5.73 Å². The van der Waals surface area contributed by atoms with Crippen LogP contribution in [0.3, 0.4) is 0 Å². The van der Waals surface area contributed by atoms with E-state index in [9.17, 15) is 4.79 Å². The van der Waals surface area contributed by atoms with Crippen molar-refractivity contribution in [2.24, 2.45) is 7.05 Å². The van der Waals surface area contributed by atoms with Crippen LogP contribution in [-0.2, 0) is 7.05 Å². The molecule has 2 atom stereocenters. The van der Waals surface area contributed by atoms with Gasteiger partial charge < -0.3 is 5.73 Å². The zero-order chi connectivity index (χ0) is 19.3. The summed E-state index contributed by atoms with van der Waals surface area (Å²) < 4.78 is 1.38. The van der Waals surface area contributed by atoms with Crippen molar-refractivity contribution >= 4 is 16.7 Å². The molecule has 2 unspecified atom stereocenters. The number of fused-ring (bicyclic) bond motifs is 1. The first-order valence-electron chi connectivity index (χ1n) is 9.53. The highest BCUT2D eigenvalue weighted by molar-refractivity contribution is 5.87. The molecule has 0 saturated heterocycles. The predicted octanol–water partition coefficient (Wildman–Crippen LogP) is 4.45. The zero-order valence-corrected chi connectivity index (χ0v) is 15.7. The van der Waals surface area contributed by atoms with Gasteiger partial charge in [-0.1, -0.05) is 60.7 Å². The molecule has 1 aliphatic rings. The third-order valence-electron chi connectivity index (χ3n) is 5.76. The first-order valence-corrected chi connectivity index (χ1v) is 9.53. The molecule has 0 spiro atoms. The number of anilines is 1. The summed E-state index contributed by atoms with van der Waals surface area (Å²) in [5.41, 5.74) is 10.3. The van der Waals surface area contributed by atoms with E-state index in [0.717, 1.165) is 12.1 Å². The van der Waals surface area contributed by atoms with Gasteiger partial charge in [0, 0.05) is 19.0 Å². The van der Waals surface area contributed by atoms with E-state index in [1.807, 2.05) is 0 Å². The maximum Gasteiger partial charge on any atom is 0.254 e. The van der Waals surface area contributed by atoms with Gasteiger partial charge in [-0.15, -0.1) is 0 Å². The average molecular weight is 367 g/mol. The SMILES string of the molecule is Cn1c(N)nc(C2CC2c2cccc(-c3ccc4ccccc4c3)c2)cc1=O. The number of nitrogens with zero attached hydrogens (tertiary/aromatic N) is 2. The van der Waals surface area contributed by atoms with E-state index in [0.29, 0.717) is 5.92 Å². The minimum Gasteiger partial charge on any atom is -0.369 e. The summed E-state index contributed by atoms with van der Waals surface area (Å²) in [4.78, 5) is 16.5. The lowest BCUT2D eigenvalue weighted by Crippen LogP contribution is -2.21. The van der Waals surface area contributed by atoms with Crippen molar-refractivity contribution in [3.63, 3.8) is 0 Å². The summed E-state index contributed by atoms with van der Waals surface area (Å²) in [6.07, 6.45) is 1.00. The van der Waals surface area contributed by atoms with Crippen LogP contribution in [0.15, 0.2) is 77.6 Å². The van der Waals surface area contributed by atoms with Crippen molar-refractivity contribution in [3.05, 3.63) is 94.4 Å². The predicted molar refractivity (Wildman–Crippen MR) is 113 cm³/mol. The molecule has 138 valence electrons. The number of hydrogen-bond donors (Lipinski definition) is 1. The van der Waals surface area contributed by atoms with Gasteiger partial charge in [-0.3, -0.25) is 9.36 Å². The molecule has 5 rings (SSSR count). The largest absolute Gasteiger partial charge is 0.369 e. The summed E-state index contributed by atoms with van der Waals surface area (Å²) in [6, 6.07) is 25.3. The molecular formula is C24H21N3O. The Morgan fingerprint density at radius 1 is 0.893 bits per heavy atom. The highest BCUT2D eigenvalue weighted by atomic mass is 16.1. The molecule has 4 heteroatoms. The van der Waals surface area contributed by atoms with Crippen LogP contribution < -0.4 is 11.3 Å². The fraction of sp³-hybridized carbons (Fsp3) is 0.167. The molecular weight excluding hydrogens is 346 g/mol. The van der Waals surface area contributed by atoms with Gasteiger partial charge in [-0.05, 0) is 45.9 Å². The number of hydrogen-bond acceptors (Lipinski definition) is 3. The number of benzene rings is 3. The van der Waals surface area contributed by atoms with Crippen LogP contribution in [0.25, 0.3) is 21.9 Å². The Kier molecular flexibility index (Phi) is 3.79. The monoisotopic (exact) mass is 367 g/mol. The van der Waals surface area contributed by atoms with Crippen LogP contribution >= 0.6 is 0 Å². The second kappa shape index (κ2) is 6.34. The minimum atomic E-state index is -0.0990. The highest BCUT2D eigenvalue weighted by Gasteiger charge is 2.41. The number of nitrogens with two attached hydrogens (primary N) is 1. The molecule has 1 aliphatic carbocycles. The molecule has 1 aromatic heterocycles. The molecule has 0 aliphatic heterocycles. The van der Waals surface area contributed by atoms with Gasteiger partial charge in [0.2, 0.25) is 5.95 Å². The summed E-state index contributed by atoms with van der Waals surface area (Å²) in [6.45, 7) is 0. The van der Waals surface area contributed by atoms with E-state index in [-0.39, 0.29) is 17.4 Å². The molecule has 4 aromatic rings. The van der Waals surface area contributed by atoms with Gasteiger partial charge in [-0.2, -0.15) is 0 Å². The van der Waals surface area contributed by atoms with Crippen LogP contribution in [0.4, 0.5) is 5.95 Å². The van der Waals surface area contributed by atoms with Gasteiger partial charge in [0.25, 0.3) is 5.56 Å². The lowest BCUT2D eigenvalue weighted by atomic mass is 9.98. The fourth-order valence-corrected chi connectivity index (χ4v) is 3.97. The Hall–Kier alpha value is -3.40. The van der Waals surface area contributed by atoms with Crippen molar-refractivity contribution in [1.29, 1.82) is 0 Å². The molecule has 4 nitrogen and oxygen atoms in total. The Balaban J connectivity index is 1.46. The van der Waals surface area contributed by atoms with E-state index in [1.54, 1.807) is 13.1 Å². The Bertz CT molecular complexity index is 1260. The fourth-order valence-electron chi connectivity index (χ4n) is 3.97. The lowest BCUT2D eigenvalue weighted by molar-refractivity contribution is 0.813. The summed E-state index contributed by atoms with van der Waals surface area (Å²) >= 11 is 0. The van der Waals surface area contributed by atoms with Crippen molar-refractivity contribution in [2.45, 2.75) is 18.3 Å². The molecule has 2 N–H and O–H groups in total. The summed E-state index contributed by atoms with van der Waals surface area (Å²) in [7, 11) is 1.64. The van der Waals surface area contributed by atoms with E-state index in [2.05, 4.69) is 71.7 Å². The topological polar surface area (TPSA) is 60.9 Å². The second-order valence-corrected chi connectivity index (χ2v) is 7.57. The van der Waals surface area contributed by atoms with Crippen LogP contribution in [0.2, 0.25) is 0 Å². The maximum atomic E-state index is 12.0. The van der Waals surface area contributed by atoms with Crippen LogP contribution in [0, 0.1) is 0 Å². The van der Waals surface area contributed by atoms with Gasteiger partial charge in [0.05, 0.1) is 5.69 Å². The Morgan fingerprint density at radius 3 is 2.50 bits per heavy atom. The van der Waals surface area contributed by atoms with Crippen LogP contribution in [-0.4, -0.2) is 9.55 Å². The van der Waals surface area contributed by atoms with E-state index in [1.165, 1.54) is 32.0 Å². The van der Waals surface area contributed by atoms with Crippen LogP contribution in [0.1, 0.15) is 29.5 Å². The zero-order valence-electron chi connectivity index (χ0n) is 15.7. The van der Waals surface area contributed by atoms with E-state index < -0.39 is 0 Å². The van der Waals surface area contributed by atoms with Gasteiger partial charge in [0.1, 0.15) is 0 Å². The average Bonchev–Trinajstić information content (AvgIpc) is 3.52. The lowest BCUT2D eigenvalue weighted by Gasteiger charge is -2.08. The first-order chi connectivity index (χ1) is 13.6. The van der Waals surface area contributed by atoms with Crippen LogP contribution in [0.5, 0.6) is 0 Å². The van der Waals surface area contributed by atoms with Gasteiger partial charge in [-0.25, -0.2) is 4.98 Å². The third kappa shape index (κ3) is 2.87. The van der Waals surface area contributed by atoms with E-state index >= 15 is 0 Å². The van der Waals surface area contributed by atoms with Crippen molar-refractivity contribution in [3.8, 4) is 11.1 Å². The third-order valence-corrected chi connectivity index (χ3v) is 5.76. The van der Waals surface area contributed by atoms with E-state index in [4.69, 9.17) is 5.73 Å². The highest BCUT2D eigenvalue weighted by Crippen LogP contribution is 2.54. The van der Waals surface area contributed by atoms with Gasteiger partial charge in [0.15, 0.2) is 0 Å².